The third-order valence-electron chi connectivity index (χ3n) is 6.34. The Labute approximate surface area is 134 Å². The predicted octanol–water partition coefficient (Wildman–Crippen LogP) is 4.16. The van der Waals surface area contributed by atoms with Crippen molar-refractivity contribution in [2.24, 2.45) is 11.3 Å². The minimum atomic E-state index is -0.409. The second-order valence-corrected chi connectivity index (χ2v) is 7.34. The molecule has 1 fully saturated rings. The van der Waals surface area contributed by atoms with E-state index in [2.05, 4.69) is 6.92 Å². The van der Waals surface area contributed by atoms with Gasteiger partial charge in [-0.25, -0.2) is 0 Å². The van der Waals surface area contributed by atoms with Gasteiger partial charge in [0.25, 0.3) is 0 Å². The van der Waals surface area contributed by atoms with Crippen LogP contribution in [0.4, 0.5) is 0 Å². The molecule has 120 valence electrons. The van der Waals surface area contributed by atoms with Gasteiger partial charge in [0.05, 0.1) is 24.2 Å². The first-order chi connectivity index (χ1) is 11.2. The molecule has 23 heavy (non-hydrogen) atoms. The minimum Gasteiger partial charge on any atom is -0.472 e. The highest BCUT2D eigenvalue weighted by atomic mass is 16.6. The number of carbonyl (C=O) groups is 1. The number of ether oxygens (including phenoxy) is 1. The maximum Gasteiger partial charge on any atom is 0.313 e. The zero-order chi connectivity index (χ0) is 15.6. The Morgan fingerprint density at radius 3 is 3.04 bits per heavy atom. The Hall–Kier alpha value is -1.97. The predicted molar refractivity (Wildman–Crippen MR) is 81.8 cm³/mol. The first-order valence-corrected chi connectivity index (χ1v) is 8.52. The summed E-state index contributed by atoms with van der Waals surface area (Å²) in [6.07, 6.45) is 9.90. The normalized spacial score (nSPS) is 35.3. The molecule has 0 amide bonds. The Morgan fingerprint density at radius 2 is 2.22 bits per heavy atom. The highest BCUT2D eigenvalue weighted by Gasteiger charge is 2.61. The molecule has 0 aromatic carbocycles. The van der Waals surface area contributed by atoms with Crippen molar-refractivity contribution in [2.45, 2.75) is 51.0 Å². The van der Waals surface area contributed by atoms with E-state index in [4.69, 9.17) is 13.6 Å². The topological polar surface area (TPSA) is 52.6 Å². The van der Waals surface area contributed by atoms with Crippen molar-refractivity contribution in [3.05, 3.63) is 47.3 Å². The highest BCUT2D eigenvalue weighted by molar-refractivity contribution is 5.82. The zero-order valence-corrected chi connectivity index (χ0v) is 13.2. The molecule has 2 aliphatic carbocycles. The Kier molecular flexibility index (Phi) is 2.65. The summed E-state index contributed by atoms with van der Waals surface area (Å²) in [5, 5.41) is 0. The summed E-state index contributed by atoms with van der Waals surface area (Å²) in [4.78, 5) is 13.0. The maximum atomic E-state index is 13.0. The van der Waals surface area contributed by atoms with Crippen molar-refractivity contribution < 1.29 is 18.4 Å². The molecule has 4 unspecified atom stereocenters. The maximum absolute atomic E-state index is 13.0. The number of rotatable bonds is 1. The van der Waals surface area contributed by atoms with Crippen molar-refractivity contribution in [1.82, 2.24) is 0 Å². The molecule has 3 heterocycles. The van der Waals surface area contributed by atoms with Gasteiger partial charge in [0, 0.05) is 29.9 Å². The van der Waals surface area contributed by atoms with Crippen LogP contribution in [0.5, 0.6) is 0 Å². The third-order valence-corrected chi connectivity index (χ3v) is 6.34. The van der Waals surface area contributed by atoms with Crippen LogP contribution >= 0.6 is 0 Å². The molecule has 1 saturated heterocycles. The summed E-state index contributed by atoms with van der Waals surface area (Å²) < 4.78 is 16.8. The van der Waals surface area contributed by atoms with Gasteiger partial charge in [-0.1, -0.05) is 6.92 Å². The van der Waals surface area contributed by atoms with Crippen molar-refractivity contribution >= 4 is 5.97 Å². The fourth-order valence-corrected chi connectivity index (χ4v) is 5.18. The molecule has 4 heteroatoms. The second kappa shape index (κ2) is 4.53. The molecule has 0 saturated carbocycles. The number of cyclic esters (lactones) is 1. The summed E-state index contributed by atoms with van der Waals surface area (Å²) in [7, 11) is 0. The van der Waals surface area contributed by atoms with Crippen LogP contribution in [-0.2, 0) is 22.4 Å². The van der Waals surface area contributed by atoms with E-state index in [9.17, 15) is 4.79 Å². The van der Waals surface area contributed by atoms with Crippen LogP contribution in [-0.4, -0.2) is 5.97 Å². The number of hydrogen-bond acceptors (Lipinski definition) is 4. The lowest BCUT2D eigenvalue weighted by atomic mass is 9.55. The minimum absolute atomic E-state index is 0.0269. The molecule has 2 aromatic heterocycles. The van der Waals surface area contributed by atoms with Crippen molar-refractivity contribution in [3.63, 3.8) is 0 Å². The van der Waals surface area contributed by atoms with Gasteiger partial charge in [0.2, 0.25) is 0 Å². The monoisotopic (exact) mass is 312 g/mol. The molecule has 3 aliphatic rings. The summed E-state index contributed by atoms with van der Waals surface area (Å²) in [6, 6.07) is 1.90. The van der Waals surface area contributed by atoms with Crippen LogP contribution in [0.2, 0.25) is 0 Å². The van der Waals surface area contributed by atoms with Crippen LogP contribution in [0.25, 0.3) is 0 Å². The number of furan rings is 2. The average molecular weight is 312 g/mol. The molecule has 4 atom stereocenters. The smallest absolute Gasteiger partial charge is 0.313 e. The molecular formula is C19H20O4. The SMILES string of the molecule is CC1Cc2occ3c2C(CCC3)C12CC(c1ccoc1)OC2=O. The van der Waals surface area contributed by atoms with Crippen LogP contribution < -0.4 is 0 Å². The second-order valence-electron chi connectivity index (χ2n) is 7.34. The van der Waals surface area contributed by atoms with Gasteiger partial charge in [-0.3, -0.25) is 4.79 Å². The van der Waals surface area contributed by atoms with E-state index >= 15 is 0 Å². The van der Waals surface area contributed by atoms with Gasteiger partial charge >= 0.3 is 5.97 Å². The van der Waals surface area contributed by atoms with Gasteiger partial charge in [0.15, 0.2) is 0 Å². The van der Waals surface area contributed by atoms with E-state index in [0.717, 1.165) is 43.4 Å². The lowest BCUT2D eigenvalue weighted by molar-refractivity contribution is -0.153. The molecule has 2 aromatic rings. The van der Waals surface area contributed by atoms with E-state index in [1.807, 2.05) is 12.3 Å². The number of esters is 1. The van der Waals surface area contributed by atoms with Crippen LogP contribution in [0.15, 0.2) is 33.7 Å². The summed E-state index contributed by atoms with van der Waals surface area (Å²) in [6.45, 7) is 2.18. The number of hydrogen-bond donors (Lipinski definition) is 0. The standard InChI is InChI=1S/C19H20O4/c1-11-7-15-17-13(10-22-15)3-2-4-14(17)19(11)8-16(23-18(19)20)12-5-6-21-9-12/h5-6,9-11,14,16H,2-4,7-8H2,1H3. The Bertz CT molecular complexity index is 756. The Balaban J connectivity index is 1.61. The van der Waals surface area contributed by atoms with Crippen LogP contribution in [0.3, 0.4) is 0 Å². The van der Waals surface area contributed by atoms with Crippen molar-refractivity contribution in [1.29, 1.82) is 0 Å². The number of carbonyl (C=O) groups excluding carboxylic acids is 1. The largest absolute Gasteiger partial charge is 0.472 e. The Morgan fingerprint density at radius 1 is 1.30 bits per heavy atom. The van der Waals surface area contributed by atoms with Crippen LogP contribution in [0.1, 0.15) is 60.7 Å². The quantitative estimate of drug-likeness (QED) is 0.742. The molecule has 1 spiro atoms. The van der Waals surface area contributed by atoms with Crippen LogP contribution in [0, 0.1) is 11.3 Å². The number of aryl methyl sites for hydroxylation is 1. The van der Waals surface area contributed by atoms with Gasteiger partial charge in [-0.2, -0.15) is 0 Å². The average Bonchev–Trinajstić information content (AvgIpc) is 3.25. The molecule has 4 nitrogen and oxygen atoms in total. The van der Waals surface area contributed by atoms with E-state index in [1.165, 1.54) is 11.1 Å². The van der Waals surface area contributed by atoms with Gasteiger partial charge in [0.1, 0.15) is 11.9 Å². The fraction of sp³-hybridized carbons (Fsp3) is 0.526. The molecular weight excluding hydrogens is 292 g/mol. The summed E-state index contributed by atoms with van der Waals surface area (Å²) in [5.41, 5.74) is 3.19. The van der Waals surface area contributed by atoms with E-state index in [-0.39, 0.29) is 23.9 Å². The van der Waals surface area contributed by atoms with Crippen molar-refractivity contribution in [2.75, 3.05) is 0 Å². The first kappa shape index (κ1) is 13.5. The van der Waals surface area contributed by atoms with E-state index < -0.39 is 5.41 Å². The lowest BCUT2D eigenvalue weighted by Crippen LogP contribution is -2.44. The van der Waals surface area contributed by atoms with Gasteiger partial charge in [-0.05, 0) is 36.8 Å². The molecule has 0 radical (unpaired) electrons. The molecule has 0 N–H and O–H groups in total. The van der Waals surface area contributed by atoms with Gasteiger partial charge < -0.3 is 13.6 Å². The summed E-state index contributed by atoms with van der Waals surface area (Å²) >= 11 is 0. The molecule has 0 bridgehead atoms. The van der Waals surface area contributed by atoms with Crippen molar-refractivity contribution in [3.8, 4) is 0 Å². The third kappa shape index (κ3) is 1.64. The summed E-state index contributed by atoms with van der Waals surface area (Å²) in [5.74, 6) is 1.55. The molecule has 5 rings (SSSR count). The number of fused-ring (bicyclic) bond motifs is 1. The lowest BCUT2D eigenvalue weighted by Gasteiger charge is -2.44. The fourth-order valence-electron chi connectivity index (χ4n) is 5.18. The van der Waals surface area contributed by atoms with E-state index in [1.54, 1.807) is 12.5 Å². The van der Waals surface area contributed by atoms with Gasteiger partial charge in [-0.15, -0.1) is 0 Å². The van der Waals surface area contributed by atoms with E-state index in [0.29, 0.717) is 0 Å². The highest BCUT2D eigenvalue weighted by Crippen LogP contribution is 2.61. The zero-order valence-electron chi connectivity index (χ0n) is 13.2. The first-order valence-electron chi connectivity index (χ1n) is 8.52. The molecule has 1 aliphatic heterocycles.